The molecular formula is C13H19ClN2. The van der Waals surface area contributed by atoms with E-state index in [0.717, 1.165) is 12.2 Å². The number of anilines is 2. The summed E-state index contributed by atoms with van der Waals surface area (Å²) in [4.78, 5) is 0. The summed E-state index contributed by atoms with van der Waals surface area (Å²) in [5.41, 5.74) is 8.07. The Morgan fingerprint density at radius 2 is 2.19 bits per heavy atom. The summed E-state index contributed by atoms with van der Waals surface area (Å²) in [6.07, 6.45) is 5.25. The van der Waals surface area contributed by atoms with Crippen LogP contribution in [0.15, 0.2) is 18.2 Å². The SMILES string of the molecule is CCCC1(CNc2cccc(Cl)c2N)CC1. The number of halogens is 1. The Morgan fingerprint density at radius 1 is 1.44 bits per heavy atom. The van der Waals surface area contributed by atoms with Crippen molar-refractivity contribution in [2.24, 2.45) is 5.41 Å². The monoisotopic (exact) mass is 238 g/mol. The molecule has 0 unspecified atom stereocenters. The van der Waals surface area contributed by atoms with Gasteiger partial charge in [-0.3, -0.25) is 0 Å². The lowest BCUT2D eigenvalue weighted by molar-refractivity contribution is 0.486. The van der Waals surface area contributed by atoms with Crippen molar-refractivity contribution in [3.63, 3.8) is 0 Å². The first-order valence-corrected chi connectivity index (χ1v) is 6.32. The van der Waals surface area contributed by atoms with E-state index >= 15 is 0 Å². The van der Waals surface area contributed by atoms with Crippen LogP contribution >= 0.6 is 11.6 Å². The predicted octanol–water partition coefficient (Wildman–Crippen LogP) is 3.91. The predicted molar refractivity (Wildman–Crippen MR) is 70.9 cm³/mol. The Balaban J connectivity index is 1.97. The Hall–Kier alpha value is -0.890. The largest absolute Gasteiger partial charge is 0.396 e. The first-order chi connectivity index (χ1) is 7.67. The Labute approximate surface area is 102 Å². The van der Waals surface area contributed by atoms with Crippen LogP contribution in [0.2, 0.25) is 5.02 Å². The summed E-state index contributed by atoms with van der Waals surface area (Å²) < 4.78 is 0. The van der Waals surface area contributed by atoms with Gasteiger partial charge >= 0.3 is 0 Å². The van der Waals surface area contributed by atoms with Gasteiger partial charge in [-0.2, -0.15) is 0 Å². The molecule has 0 atom stereocenters. The lowest BCUT2D eigenvalue weighted by Gasteiger charge is -2.17. The first-order valence-electron chi connectivity index (χ1n) is 5.95. The molecule has 0 aromatic heterocycles. The second kappa shape index (κ2) is 4.54. The van der Waals surface area contributed by atoms with Crippen LogP contribution < -0.4 is 11.1 Å². The lowest BCUT2D eigenvalue weighted by Crippen LogP contribution is -2.16. The maximum absolute atomic E-state index is 5.98. The molecule has 0 saturated heterocycles. The minimum absolute atomic E-state index is 0.531. The van der Waals surface area contributed by atoms with E-state index in [0.29, 0.717) is 16.1 Å². The third-order valence-corrected chi connectivity index (χ3v) is 3.77. The molecule has 1 saturated carbocycles. The minimum atomic E-state index is 0.531. The molecule has 3 heteroatoms. The molecule has 0 radical (unpaired) electrons. The van der Waals surface area contributed by atoms with Crippen LogP contribution in [0.4, 0.5) is 11.4 Å². The third-order valence-electron chi connectivity index (χ3n) is 3.44. The number of rotatable bonds is 5. The van der Waals surface area contributed by atoms with Gasteiger partial charge in [-0.05, 0) is 36.8 Å². The zero-order valence-corrected chi connectivity index (χ0v) is 10.5. The van der Waals surface area contributed by atoms with Crippen LogP contribution in [-0.2, 0) is 0 Å². The van der Waals surface area contributed by atoms with Crippen molar-refractivity contribution in [1.82, 2.24) is 0 Å². The maximum atomic E-state index is 5.98. The van der Waals surface area contributed by atoms with Crippen LogP contribution in [0.3, 0.4) is 0 Å². The molecular weight excluding hydrogens is 220 g/mol. The van der Waals surface area contributed by atoms with E-state index in [-0.39, 0.29) is 0 Å². The van der Waals surface area contributed by atoms with Crippen LogP contribution in [0.1, 0.15) is 32.6 Å². The van der Waals surface area contributed by atoms with E-state index in [2.05, 4.69) is 12.2 Å². The zero-order chi connectivity index (χ0) is 11.6. The summed E-state index contributed by atoms with van der Waals surface area (Å²) in [6.45, 7) is 3.26. The number of para-hydroxylation sites is 1. The average Bonchev–Trinajstić information content (AvgIpc) is 3.02. The van der Waals surface area contributed by atoms with E-state index in [4.69, 9.17) is 17.3 Å². The molecule has 1 aliphatic rings. The highest BCUT2D eigenvalue weighted by Gasteiger charge is 2.41. The second-order valence-electron chi connectivity index (χ2n) is 4.80. The Bertz CT molecular complexity index is 372. The number of nitrogens with one attached hydrogen (secondary N) is 1. The molecule has 0 spiro atoms. The summed E-state index contributed by atoms with van der Waals surface area (Å²) in [7, 11) is 0. The van der Waals surface area contributed by atoms with E-state index in [1.807, 2.05) is 18.2 Å². The Kier molecular flexibility index (Phi) is 3.29. The van der Waals surface area contributed by atoms with Crippen LogP contribution in [0, 0.1) is 5.41 Å². The topological polar surface area (TPSA) is 38.0 Å². The molecule has 2 rings (SSSR count). The van der Waals surface area contributed by atoms with E-state index < -0.39 is 0 Å². The highest BCUT2D eigenvalue weighted by atomic mass is 35.5. The third kappa shape index (κ3) is 2.43. The molecule has 0 heterocycles. The quantitative estimate of drug-likeness (QED) is 0.764. The van der Waals surface area contributed by atoms with Crippen LogP contribution in [0.5, 0.6) is 0 Å². The molecule has 2 nitrogen and oxygen atoms in total. The molecule has 1 aromatic rings. The number of hydrogen-bond donors (Lipinski definition) is 2. The average molecular weight is 239 g/mol. The van der Waals surface area contributed by atoms with Gasteiger partial charge in [0.2, 0.25) is 0 Å². The van der Waals surface area contributed by atoms with Crippen molar-refractivity contribution < 1.29 is 0 Å². The highest BCUT2D eigenvalue weighted by molar-refractivity contribution is 6.33. The zero-order valence-electron chi connectivity index (χ0n) is 9.72. The molecule has 0 aliphatic heterocycles. The van der Waals surface area contributed by atoms with Gasteiger partial charge < -0.3 is 11.1 Å². The van der Waals surface area contributed by atoms with Gasteiger partial charge in [0.25, 0.3) is 0 Å². The van der Waals surface area contributed by atoms with Crippen molar-refractivity contribution in [3.05, 3.63) is 23.2 Å². The number of benzene rings is 1. The lowest BCUT2D eigenvalue weighted by atomic mass is 10.0. The van der Waals surface area contributed by atoms with Crippen LogP contribution in [0.25, 0.3) is 0 Å². The van der Waals surface area contributed by atoms with Gasteiger partial charge in [-0.25, -0.2) is 0 Å². The highest BCUT2D eigenvalue weighted by Crippen LogP contribution is 2.49. The molecule has 1 fully saturated rings. The molecule has 3 N–H and O–H groups in total. The van der Waals surface area contributed by atoms with Gasteiger partial charge in [-0.15, -0.1) is 0 Å². The van der Waals surface area contributed by atoms with E-state index in [1.165, 1.54) is 25.7 Å². The minimum Gasteiger partial charge on any atom is -0.396 e. The van der Waals surface area contributed by atoms with E-state index in [1.54, 1.807) is 0 Å². The number of hydrogen-bond acceptors (Lipinski definition) is 2. The van der Waals surface area contributed by atoms with Gasteiger partial charge in [0, 0.05) is 6.54 Å². The number of nitrogens with two attached hydrogens (primary N) is 1. The maximum Gasteiger partial charge on any atom is 0.0739 e. The van der Waals surface area contributed by atoms with Crippen molar-refractivity contribution in [3.8, 4) is 0 Å². The van der Waals surface area contributed by atoms with Crippen molar-refractivity contribution in [2.45, 2.75) is 32.6 Å². The van der Waals surface area contributed by atoms with Crippen molar-refractivity contribution >= 4 is 23.0 Å². The van der Waals surface area contributed by atoms with Gasteiger partial charge in [0.15, 0.2) is 0 Å². The Morgan fingerprint density at radius 3 is 2.81 bits per heavy atom. The summed E-state index contributed by atoms with van der Waals surface area (Å²) in [5.74, 6) is 0. The molecule has 16 heavy (non-hydrogen) atoms. The van der Waals surface area contributed by atoms with E-state index in [9.17, 15) is 0 Å². The molecule has 0 bridgehead atoms. The van der Waals surface area contributed by atoms with Gasteiger partial charge in [0.1, 0.15) is 0 Å². The fourth-order valence-corrected chi connectivity index (χ4v) is 2.37. The first kappa shape index (κ1) is 11.6. The molecule has 88 valence electrons. The molecule has 0 amide bonds. The van der Waals surface area contributed by atoms with Gasteiger partial charge in [-0.1, -0.05) is 31.0 Å². The summed E-state index contributed by atoms with van der Waals surface area (Å²) >= 11 is 5.98. The smallest absolute Gasteiger partial charge is 0.0739 e. The number of nitrogen functional groups attached to an aromatic ring is 1. The standard InChI is InChI=1S/C13H19ClN2/c1-2-6-13(7-8-13)9-16-11-5-3-4-10(14)12(11)15/h3-5,16H,2,6-9,15H2,1H3. The normalized spacial score (nSPS) is 17.1. The van der Waals surface area contributed by atoms with Crippen LogP contribution in [-0.4, -0.2) is 6.54 Å². The molecule has 1 aromatic carbocycles. The second-order valence-corrected chi connectivity index (χ2v) is 5.21. The van der Waals surface area contributed by atoms with Crippen molar-refractivity contribution in [2.75, 3.05) is 17.6 Å². The summed E-state index contributed by atoms with van der Waals surface area (Å²) in [5, 5.41) is 4.06. The molecule has 1 aliphatic carbocycles. The fraction of sp³-hybridized carbons (Fsp3) is 0.538. The summed E-state index contributed by atoms with van der Waals surface area (Å²) in [6, 6.07) is 5.74. The fourth-order valence-electron chi connectivity index (χ4n) is 2.20. The van der Waals surface area contributed by atoms with Crippen molar-refractivity contribution in [1.29, 1.82) is 0 Å². The van der Waals surface area contributed by atoms with Gasteiger partial charge in [0.05, 0.1) is 16.4 Å².